The van der Waals surface area contributed by atoms with Gasteiger partial charge in [-0.15, -0.1) is 12.4 Å². The molecule has 1 rings (SSSR count). The van der Waals surface area contributed by atoms with Gasteiger partial charge in [0.2, 0.25) is 5.91 Å². The maximum absolute atomic E-state index is 11.8. The van der Waals surface area contributed by atoms with Crippen molar-refractivity contribution >= 4 is 18.3 Å². The molecule has 0 aromatic rings. The van der Waals surface area contributed by atoms with Crippen LogP contribution in [0.15, 0.2) is 0 Å². The third-order valence-corrected chi connectivity index (χ3v) is 2.81. The minimum atomic E-state index is 0. The van der Waals surface area contributed by atoms with Gasteiger partial charge < -0.3 is 15.0 Å². The molecule has 1 N–H and O–H groups in total. The van der Waals surface area contributed by atoms with Gasteiger partial charge in [0.15, 0.2) is 0 Å². The Bertz CT molecular complexity index is 195. The van der Waals surface area contributed by atoms with Gasteiger partial charge in [-0.1, -0.05) is 19.8 Å². The Labute approximate surface area is 110 Å². The summed E-state index contributed by atoms with van der Waals surface area (Å²) in [7, 11) is 0. The van der Waals surface area contributed by atoms with Crippen molar-refractivity contribution in [2.45, 2.75) is 32.6 Å². The molecular formula is C12H25ClN2O2. The first-order chi connectivity index (χ1) is 7.84. The number of carbonyl (C=O) groups is 1. The van der Waals surface area contributed by atoms with Crippen LogP contribution in [0.4, 0.5) is 0 Å². The highest BCUT2D eigenvalue weighted by atomic mass is 35.5. The van der Waals surface area contributed by atoms with Crippen LogP contribution in [0.3, 0.4) is 0 Å². The molecule has 0 aliphatic carbocycles. The largest absolute Gasteiger partial charge is 0.372 e. The first-order valence-electron chi connectivity index (χ1n) is 6.41. The highest BCUT2D eigenvalue weighted by Gasteiger charge is 2.14. The summed E-state index contributed by atoms with van der Waals surface area (Å²) in [6, 6.07) is 0. The summed E-state index contributed by atoms with van der Waals surface area (Å²) in [4.78, 5) is 13.7. The van der Waals surface area contributed by atoms with Crippen molar-refractivity contribution < 1.29 is 9.53 Å². The number of hydrogen-bond acceptors (Lipinski definition) is 3. The highest BCUT2D eigenvalue weighted by Crippen LogP contribution is 1.98. The van der Waals surface area contributed by atoms with Gasteiger partial charge in [-0.25, -0.2) is 0 Å². The second-order valence-electron chi connectivity index (χ2n) is 4.24. The molecule has 1 amide bonds. The molecule has 0 spiro atoms. The monoisotopic (exact) mass is 264 g/mol. The molecule has 1 aliphatic rings. The highest BCUT2D eigenvalue weighted by molar-refractivity contribution is 5.85. The number of halogens is 1. The zero-order valence-electron chi connectivity index (χ0n) is 10.7. The average molecular weight is 265 g/mol. The molecule has 1 fully saturated rings. The van der Waals surface area contributed by atoms with Gasteiger partial charge in [0.1, 0.15) is 6.61 Å². The summed E-state index contributed by atoms with van der Waals surface area (Å²) in [5.41, 5.74) is 0. The van der Waals surface area contributed by atoms with Crippen molar-refractivity contribution in [1.82, 2.24) is 10.2 Å². The fourth-order valence-corrected chi connectivity index (χ4v) is 1.80. The molecule has 0 aromatic heterocycles. The molecule has 102 valence electrons. The predicted octanol–water partition coefficient (Wildman–Crippen LogP) is 1.44. The first kappa shape index (κ1) is 16.7. The van der Waals surface area contributed by atoms with E-state index in [1.165, 1.54) is 12.8 Å². The van der Waals surface area contributed by atoms with Crippen LogP contribution >= 0.6 is 12.4 Å². The molecule has 4 nitrogen and oxygen atoms in total. The molecule has 0 radical (unpaired) electrons. The minimum absolute atomic E-state index is 0. The summed E-state index contributed by atoms with van der Waals surface area (Å²) in [5, 5.41) is 3.28. The van der Waals surface area contributed by atoms with Gasteiger partial charge in [0.05, 0.1) is 0 Å². The Morgan fingerprint density at radius 3 is 2.88 bits per heavy atom. The van der Waals surface area contributed by atoms with Gasteiger partial charge in [-0.05, 0) is 19.4 Å². The van der Waals surface area contributed by atoms with Crippen LogP contribution in [0, 0.1) is 0 Å². The Morgan fingerprint density at radius 2 is 2.12 bits per heavy atom. The molecule has 0 aromatic carbocycles. The molecule has 0 atom stereocenters. The number of amides is 1. The van der Waals surface area contributed by atoms with Crippen LogP contribution in [-0.2, 0) is 9.53 Å². The fourth-order valence-electron chi connectivity index (χ4n) is 1.80. The van der Waals surface area contributed by atoms with E-state index in [0.29, 0.717) is 6.61 Å². The van der Waals surface area contributed by atoms with Gasteiger partial charge in [-0.2, -0.15) is 0 Å². The molecular weight excluding hydrogens is 240 g/mol. The summed E-state index contributed by atoms with van der Waals surface area (Å²) >= 11 is 0. The lowest BCUT2D eigenvalue weighted by Crippen LogP contribution is -2.36. The lowest BCUT2D eigenvalue weighted by molar-refractivity contribution is -0.136. The molecule has 0 unspecified atom stereocenters. The van der Waals surface area contributed by atoms with Crippen LogP contribution in [0.25, 0.3) is 0 Å². The molecule has 1 heterocycles. The predicted molar refractivity (Wildman–Crippen MR) is 71.7 cm³/mol. The Kier molecular flexibility index (Phi) is 10.6. The van der Waals surface area contributed by atoms with Crippen molar-refractivity contribution in [2.75, 3.05) is 39.4 Å². The van der Waals surface area contributed by atoms with Gasteiger partial charge in [0.25, 0.3) is 0 Å². The van der Waals surface area contributed by atoms with Crippen LogP contribution in [0.1, 0.15) is 32.6 Å². The average Bonchev–Trinajstić information content (AvgIpc) is 2.57. The second kappa shape index (κ2) is 10.8. The standard InChI is InChI=1S/C12H24N2O2.ClH/c1-2-3-4-10-16-11-12(15)14-8-5-6-13-7-9-14;/h13H,2-11H2,1H3;1H. The van der Waals surface area contributed by atoms with E-state index < -0.39 is 0 Å². The molecule has 1 saturated heterocycles. The topological polar surface area (TPSA) is 41.6 Å². The smallest absolute Gasteiger partial charge is 0.248 e. The number of nitrogens with zero attached hydrogens (tertiary/aromatic N) is 1. The van der Waals surface area contributed by atoms with E-state index in [1.54, 1.807) is 0 Å². The van der Waals surface area contributed by atoms with Gasteiger partial charge in [-0.3, -0.25) is 4.79 Å². The minimum Gasteiger partial charge on any atom is -0.372 e. The maximum Gasteiger partial charge on any atom is 0.248 e. The normalized spacial score (nSPS) is 16.2. The Morgan fingerprint density at radius 1 is 1.29 bits per heavy atom. The summed E-state index contributed by atoms with van der Waals surface area (Å²) in [5.74, 6) is 0.139. The summed E-state index contributed by atoms with van der Waals surface area (Å²) in [6.45, 7) is 6.73. The van der Waals surface area contributed by atoms with Crippen LogP contribution in [0.5, 0.6) is 0 Å². The molecule has 0 bridgehead atoms. The first-order valence-corrected chi connectivity index (χ1v) is 6.41. The number of nitrogens with one attached hydrogen (secondary N) is 1. The van der Waals surface area contributed by atoms with E-state index in [-0.39, 0.29) is 24.9 Å². The Balaban J connectivity index is 0.00000256. The number of hydrogen-bond donors (Lipinski definition) is 1. The molecule has 5 heteroatoms. The zero-order chi connectivity index (χ0) is 11.6. The van der Waals surface area contributed by atoms with E-state index >= 15 is 0 Å². The van der Waals surface area contributed by atoms with Crippen molar-refractivity contribution in [1.29, 1.82) is 0 Å². The molecule has 0 saturated carbocycles. The van der Waals surface area contributed by atoms with E-state index in [1.807, 2.05) is 4.90 Å². The van der Waals surface area contributed by atoms with Crippen molar-refractivity contribution in [3.8, 4) is 0 Å². The lowest BCUT2D eigenvalue weighted by Gasteiger charge is -2.19. The number of ether oxygens (including phenoxy) is 1. The zero-order valence-corrected chi connectivity index (χ0v) is 11.6. The fraction of sp³-hybridized carbons (Fsp3) is 0.917. The van der Waals surface area contributed by atoms with Crippen molar-refractivity contribution in [3.63, 3.8) is 0 Å². The number of carbonyl (C=O) groups excluding carboxylic acids is 1. The third kappa shape index (κ3) is 7.58. The second-order valence-corrected chi connectivity index (χ2v) is 4.24. The number of rotatable bonds is 6. The maximum atomic E-state index is 11.8. The van der Waals surface area contributed by atoms with Crippen LogP contribution < -0.4 is 5.32 Å². The van der Waals surface area contributed by atoms with Crippen LogP contribution in [0.2, 0.25) is 0 Å². The lowest BCUT2D eigenvalue weighted by atomic mass is 10.3. The molecule has 1 aliphatic heterocycles. The van der Waals surface area contributed by atoms with Gasteiger partial charge in [0, 0.05) is 26.2 Å². The molecule has 17 heavy (non-hydrogen) atoms. The van der Waals surface area contributed by atoms with Crippen molar-refractivity contribution in [2.24, 2.45) is 0 Å². The van der Waals surface area contributed by atoms with E-state index in [4.69, 9.17) is 4.74 Å². The van der Waals surface area contributed by atoms with Crippen LogP contribution in [-0.4, -0.2) is 50.2 Å². The summed E-state index contributed by atoms with van der Waals surface area (Å²) in [6.07, 6.45) is 4.48. The van der Waals surface area contributed by atoms with E-state index in [9.17, 15) is 4.79 Å². The Hall–Kier alpha value is -0.320. The van der Waals surface area contributed by atoms with Crippen molar-refractivity contribution in [3.05, 3.63) is 0 Å². The number of unbranched alkanes of at least 4 members (excludes halogenated alkanes) is 2. The van der Waals surface area contributed by atoms with E-state index in [0.717, 1.165) is 39.0 Å². The quantitative estimate of drug-likeness (QED) is 0.738. The summed E-state index contributed by atoms with van der Waals surface area (Å²) < 4.78 is 5.38. The van der Waals surface area contributed by atoms with Gasteiger partial charge >= 0.3 is 0 Å². The SMILES string of the molecule is CCCCCOCC(=O)N1CCCNCC1.Cl. The third-order valence-electron chi connectivity index (χ3n) is 2.81. The van der Waals surface area contributed by atoms with E-state index in [2.05, 4.69) is 12.2 Å².